The van der Waals surface area contributed by atoms with E-state index in [2.05, 4.69) is 19.2 Å². The van der Waals surface area contributed by atoms with Crippen molar-refractivity contribution >= 4 is 23.2 Å². The number of halogens is 1. The van der Waals surface area contributed by atoms with E-state index in [-0.39, 0.29) is 29.9 Å². The first-order chi connectivity index (χ1) is 12.6. The zero-order chi connectivity index (χ0) is 18.7. The molecule has 0 saturated carbocycles. The highest BCUT2D eigenvalue weighted by Gasteiger charge is 2.31. The summed E-state index contributed by atoms with van der Waals surface area (Å²) in [6.07, 6.45) is 0.374. The Morgan fingerprint density at radius 2 is 1.48 bits per heavy atom. The summed E-state index contributed by atoms with van der Waals surface area (Å²) in [6.45, 7) is 6.85. The highest BCUT2D eigenvalue weighted by atomic mass is 35.5. The van der Waals surface area contributed by atoms with Gasteiger partial charge >= 0.3 is 0 Å². The molecule has 0 heterocycles. The van der Waals surface area contributed by atoms with Crippen LogP contribution in [0.15, 0.2) is 42.5 Å². The number of hydrogen-bond donors (Lipinski definition) is 2. The standard InChI is InChI=1S/C21H22N2O3.ClH/c1-3-23(4-2)13-12-18(24)22-17-11-7-10-16-19(17)21(26)15-9-6-5-8-14(15)20(16)25;/h5-11H,3-4,12-13H2,1-2H3,(H,22,24);1H. The van der Waals surface area contributed by atoms with Gasteiger partial charge in [0.05, 0.1) is 37.3 Å². The van der Waals surface area contributed by atoms with Crippen LogP contribution in [0.2, 0.25) is 0 Å². The molecule has 1 aliphatic carbocycles. The first kappa shape index (κ1) is 20.8. The van der Waals surface area contributed by atoms with E-state index >= 15 is 0 Å². The summed E-state index contributed by atoms with van der Waals surface area (Å²) in [6, 6.07) is 11.8. The minimum atomic E-state index is -0.222. The van der Waals surface area contributed by atoms with Crippen LogP contribution >= 0.6 is 0 Å². The number of quaternary nitrogens is 1. The van der Waals surface area contributed by atoms with Crippen LogP contribution in [0.5, 0.6) is 0 Å². The molecule has 1 aliphatic rings. The van der Waals surface area contributed by atoms with E-state index in [9.17, 15) is 14.4 Å². The summed E-state index contributed by atoms with van der Waals surface area (Å²) in [7, 11) is 0. The largest absolute Gasteiger partial charge is 1.00 e. The molecule has 0 fully saturated rings. The average molecular weight is 387 g/mol. The Morgan fingerprint density at radius 3 is 2.11 bits per heavy atom. The van der Waals surface area contributed by atoms with Crippen molar-refractivity contribution in [1.29, 1.82) is 0 Å². The van der Waals surface area contributed by atoms with Crippen molar-refractivity contribution in [2.24, 2.45) is 0 Å². The van der Waals surface area contributed by atoms with E-state index in [0.717, 1.165) is 19.6 Å². The fourth-order valence-electron chi connectivity index (χ4n) is 3.36. The molecule has 1 amide bonds. The smallest absolute Gasteiger partial charge is 0.230 e. The SMILES string of the molecule is CC[NH+](CC)CCC(=O)Nc1cccc2c1C(=O)c1ccccc1C2=O.[Cl-]. The van der Waals surface area contributed by atoms with Gasteiger partial charge in [0.1, 0.15) is 0 Å². The van der Waals surface area contributed by atoms with Gasteiger partial charge in [0.2, 0.25) is 5.91 Å². The highest BCUT2D eigenvalue weighted by molar-refractivity contribution is 6.30. The number of hydrogen-bond acceptors (Lipinski definition) is 3. The Hall–Kier alpha value is -2.50. The molecule has 2 aromatic rings. The van der Waals surface area contributed by atoms with Crippen LogP contribution in [0.3, 0.4) is 0 Å². The van der Waals surface area contributed by atoms with Crippen LogP contribution < -0.4 is 22.6 Å². The van der Waals surface area contributed by atoms with Crippen molar-refractivity contribution in [2.75, 3.05) is 25.0 Å². The lowest BCUT2D eigenvalue weighted by atomic mass is 9.83. The van der Waals surface area contributed by atoms with Gasteiger partial charge in [0, 0.05) is 16.7 Å². The quantitative estimate of drug-likeness (QED) is 0.554. The number of rotatable bonds is 6. The number of benzene rings is 2. The van der Waals surface area contributed by atoms with Gasteiger partial charge in [0.15, 0.2) is 11.6 Å². The molecule has 2 aromatic carbocycles. The average Bonchev–Trinajstić information content (AvgIpc) is 2.67. The van der Waals surface area contributed by atoms with Crippen molar-refractivity contribution in [2.45, 2.75) is 20.3 Å². The molecule has 0 radical (unpaired) electrons. The summed E-state index contributed by atoms with van der Waals surface area (Å²) in [5.74, 6) is -0.545. The first-order valence-corrected chi connectivity index (χ1v) is 9.01. The first-order valence-electron chi connectivity index (χ1n) is 9.01. The third kappa shape index (κ3) is 4.10. The number of nitrogens with one attached hydrogen (secondary N) is 2. The Morgan fingerprint density at radius 1 is 0.889 bits per heavy atom. The van der Waals surface area contributed by atoms with Gasteiger partial charge in [-0.3, -0.25) is 14.4 Å². The molecule has 142 valence electrons. The van der Waals surface area contributed by atoms with Crippen LogP contribution in [-0.2, 0) is 4.79 Å². The minimum Gasteiger partial charge on any atom is -1.00 e. The number of carbonyl (C=O) groups excluding carboxylic acids is 3. The summed E-state index contributed by atoms with van der Waals surface area (Å²) in [5.41, 5.74) is 1.85. The minimum absolute atomic E-state index is 0. The molecule has 2 N–H and O–H groups in total. The van der Waals surface area contributed by atoms with Crippen LogP contribution in [0.4, 0.5) is 5.69 Å². The third-order valence-electron chi connectivity index (χ3n) is 4.93. The molecule has 0 bridgehead atoms. The van der Waals surface area contributed by atoms with Gasteiger partial charge in [-0.15, -0.1) is 0 Å². The fraction of sp³-hybridized carbons (Fsp3) is 0.286. The molecular weight excluding hydrogens is 364 g/mol. The summed E-state index contributed by atoms with van der Waals surface area (Å²) in [4.78, 5) is 39.3. The molecule has 0 aliphatic heterocycles. The summed E-state index contributed by atoms with van der Waals surface area (Å²) >= 11 is 0. The lowest BCUT2D eigenvalue weighted by molar-refractivity contribution is -0.895. The Labute approximate surface area is 165 Å². The second kappa shape index (κ2) is 8.93. The zero-order valence-electron chi connectivity index (χ0n) is 15.5. The molecule has 0 aromatic heterocycles. The van der Waals surface area contributed by atoms with E-state index in [1.54, 1.807) is 42.5 Å². The van der Waals surface area contributed by atoms with E-state index in [1.165, 1.54) is 4.90 Å². The number of ketones is 2. The second-order valence-electron chi connectivity index (χ2n) is 6.44. The monoisotopic (exact) mass is 386 g/mol. The molecular formula is C21H23ClN2O3. The summed E-state index contributed by atoms with van der Waals surface area (Å²) in [5, 5.41) is 2.83. The maximum absolute atomic E-state index is 12.9. The van der Waals surface area contributed by atoms with Crippen molar-refractivity contribution < 1.29 is 31.7 Å². The van der Waals surface area contributed by atoms with Crippen molar-refractivity contribution in [3.8, 4) is 0 Å². The van der Waals surface area contributed by atoms with E-state index in [1.807, 2.05) is 0 Å². The molecule has 0 spiro atoms. The van der Waals surface area contributed by atoms with Crippen molar-refractivity contribution in [3.05, 3.63) is 64.7 Å². The van der Waals surface area contributed by atoms with Crippen LogP contribution in [0.1, 0.15) is 52.1 Å². The van der Waals surface area contributed by atoms with Gasteiger partial charge in [-0.2, -0.15) is 0 Å². The Bertz CT molecular complexity index is 875. The molecule has 3 rings (SSSR count). The Kier molecular flexibility index (Phi) is 6.88. The van der Waals surface area contributed by atoms with Gasteiger partial charge in [0.25, 0.3) is 0 Å². The Balaban J connectivity index is 0.00000261. The highest BCUT2D eigenvalue weighted by Crippen LogP contribution is 2.31. The lowest BCUT2D eigenvalue weighted by Gasteiger charge is -2.20. The topological polar surface area (TPSA) is 67.7 Å². The maximum atomic E-state index is 12.9. The van der Waals surface area contributed by atoms with Crippen LogP contribution in [0, 0.1) is 0 Å². The molecule has 0 saturated heterocycles. The van der Waals surface area contributed by atoms with Crippen LogP contribution in [0.25, 0.3) is 0 Å². The number of amides is 1. The second-order valence-corrected chi connectivity index (χ2v) is 6.44. The third-order valence-corrected chi connectivity index (χ3v) is 4.93. The van der Waals surface area contributed by atoms with Gasteiger partial charge in [-0.1, -0.05) is 36.4 Å². The van der Waals surface area contributed by atoms with Gasteiger partial charge in [-0.05, 0) is 19.9 Å². The lowest BCUT2D eigenvalue weighted by Crippen LogP contribution is -3.11. The van der Waals surface area contributed by atoms with Crippen molar-refractivity contribution in [3.63, 3.8) is 0 Å². The number of carbonyl (C=O) groups is 3. The maximum Gasteiger partial charge on any atom is 0.230 e. The molecule has 6 heteroatoms. The fourth-order valence-corrected chi connectivity index (χ4v) is 3.36. The van der Waals surface area contributed by atoms with Gasteiger partial charge in [-0.25, -0.2) is 0 Å². The van der Waals surface area contributed by atoms with E-state index < -0.39 is 0 Å². The van der Waals surface area contributed by atoms with Crippen LogP contribution in [-0.4, -0.2) is 37.1 Å². The molecule has 0 unspecified atom stereocenters. The molecule has 0 atom stereocenters. The normalized spacial score (nSPS) is 12.3. The van der Waals surface area contributed by atoms with E-state index in [4.69, 9.17) is 0 Å². The molecule has 27 heavy (non-hydrogen) atoms. The number of fused-ring (bicyclic) bond motifs is 2. The predicted octanol–water partition coefficient (Wildman–Crippen LogP) is -1.28. The van der Waals surface area contributed by atoms with Gasteiger partial charge < -0.3 is 22.6 Å². The molecule has 5 nitrogen and oxygen atoms in total. The zero-order valence-corrected chi connectivity index (χ0v) is 16.2. The van der Waals surface area contributed by atoms with Crippen molar-refractivity contribution in [1.82, 2.24) is 0 Å². The summed E-state index contributed by atoms with van der Waals surface area (Å²) < 4.78 is 0. The number of anilines is 1. The predicted molar refractivity (Wildman–Crippen MR) is 99.9 cm³/mol. The van der Waals surface area contributed by atoms with E-state index in [0.29, 0.717) is 34.4 Å².